The van der Waals surface area contributed by atoms with E-state index in [1.807, 2.05) is 39.5 Å². The number of rotatable bonds is 2. The maximum absolute atomic E-state index is 12.8. The fourth-order valence-corrected chi connectivity index (χ4v) is 6.92. The Morgan fingerprint density at radius 3 is 2.71 bits per heavy atom. The van der Waals surface area contributed by atoms with E-state index < -0.39 is 11.4 Å². The number of likely N-dealkylation sites (tertiary alicyclic amines) is 1. The van der Waals surface area contributed by atoms with Crippen LogP contribution in [0.3, 0.4) is 0 Å². The zero-order valence-electron chi connectivity index (χ0n) is 20.8. The lowest BCUT2D eigenvalue weighted by Crippen LogP contribution is -2.46. The molecule has 1 aliphatic carbocycles. The molecule has 2 saturated heterocycles. The van der Waals surface area contributed by atoms with Crippen LogP contribution in [-0.4, -0.2) is 62.2 Å². The van der Waals surface area contributed by atoms with E-state index in [4.69, 9.17) is 31.5 Å². The number of aromatic nitrogens is 3. The average molecular weight is 618 g/mol. The van der Waals surface area contributed by atoms with Gasteiger partial charge in [-0.15, -0.1) is 0 Å². The van der Waals surface area contributed by atoms with Crippen molar-refractivity contribution in [2.45, 2.75) is 83.5 Å². The minimum absolute atomic E-state index is 0.0000564. The molecule has 1 saturated carbocycles. The quantitative estimate of drug-likeness (QED) is 0.374. The summed E-state index contributed by atoms with van der Waals surface area (Å²) in [6, 6.07) is 0.0000564. The summed E-state index contributed by atoms with van der Waals surface area (Å²) in [5.74, 6) is 0.198. The fourth-order valence-electron chi connectivity index (χ4n) is 5.93. The van der Waals surface area contributed by atoms with Gasteiger partial charge >= 0.3 is 6.09 Å². The highest BCUT2D eigenvalue weighted by Gasteiger charge is 2.57. The van der Waals surface area contributed by atoms with E-state index in [0.29, 0.717) is 24.6 Å². The Labute approximate surface area is 224 Å². The maximum atomic E-state index is 12.8. The highest BCUT2D eigenvalue weighted by Crippen LogP contribution is 2.51. The summed E-state index contributed by atoms with van der Waals surface area (Å²) in [7, 11) is 0. The standard InChI is InChI=1S/C24H33ClIN5O4/c1-23(2,3)35-22(32)30-8-6-7-12(10-30)13-9-15(18-17(13)33-24(4,5)34-18)31-11-14(26)16-19(27)28-21(25)29-20(16)31/h11-13,15,17-18H,6-10H2,1-5H3,(H2,27,28,29)/t12?,13-,15-,17-,18+/m1/s1. The first-order chi connectivity index (χ1) is 16.3. The Balaban J connectivity index is 1.45. The van der Waals surface area contributed by atoms with Crippen LogP contribution in [0, 0.1) is 15.4 Å². The Morgan fingerprint density at radius 2 is 2.00 bits per heavy atom. The number of fused-ring (bicyclic) bond motifs is 2. The first-order valence-electron chi connectivity index (χ1n) is 12.2. The summed E-state index contributed by atoms with van der Waals surface area (Å²) >= 11 is 8.45. The van der Waals surface area contributed by atoms with Crippen LogP contribution in [0.2, 0.25) is 5.28 Å². The molecule has 192 valence electrons. The SMILES string of the molecule is CC(C)(C)OC(=O)N1CCCC([C@H]2C[C@@H](n3cc(I)c4c(N)nc(Cl)nc43)[C@@H]3OC(C)(C)O[C@@H]32)C1. The molecule has 1 unspecified atom stereocenters. The lowest BCUT2D eigenvalue weighted by Gasteiger charge is -2.38. The van der Waals surface area contributed by atoms with Crippen molar-refractivity contribution in [1.82, 2.24) is 19.4 Å². The molecule has 5 atom stereocenters. The van der Waals surface area contributed by atoms with Crippen LogP contribution in [0.25, 0.3) is 11.0 Å². The Hall–Kier alpha value is -1.37. The predicted molar refractivity (Wildman–Crippen MR) is 141 cm³/mol. The zero-order valence-corrected chi connectivity index (χ0v) is 23.7. The predicted octanol–water partition coefficient (Wildman–Crippen LogP) is 5.00. The zero-order chi connectivity index (χ0) is 25.3. The number of hydrogen-bond acceptors (Lipinski definition) is 7. The number of piperidine rings is 1. The molecule has 3 aliphatic rings. The number of amides is 1. The molecule has 35 heavy (non-hydrogen) atoms. The van der Waals surface area contributed by atoms with Crippen molar-refractivity contribution in [3.05, 3.63) is 15.1 Å². The molecular formula is C24H33ClIN5O4. The topological polar surface area (TPSA) is 105 Å². The van der Waals surface area contributed by atoms with Crippen molar-refractivity contribution in [3.8, 4) is 0 Å². The maximum Gasteiger partial charge on any atom is 0.410 e. The monoisotopic (exact) mass is 617 g/mol. The molecule has 2 aromatic heterocycles. The molecule has 1 amide bonds. The van der Waals surface area contributed by atoms with Crippen LogP contribution in [0.5, 0.6) is 0 Å². The second-order valence-corrected chi connectivity index (χ2v) is 12.8. The van der Waals surface area contributed by atoms with Gasteiger partial charge in [-0.25, -0.2) is 9.78 Å². The Kier molecular flexibility index (Phi) is 6.42. The Morgan fingerprint density at radius 1 is 1.29 bits per heavy atom. The third-order valence-electron chi connectivity index (χ3n) is 7.18. The van der Waals surface area contributed by atoms with Crippen molar-refractivity contribution >= 4 is 57.1 Å². The molecule has 4 heterocycles. The summed E-state index contributed by atoms with van der Waals surface area (Å²) < 4.78 is 21.7. The molecule has 3 fully saturated rings. The van der Waals surface area contributed by atoms with Crippen LogP contribution in [0.1, 0.15) is 59.9 Å². The number of anilines is 1. The molecule has 11 heteroatoms. The molecule has 0 radical (unpaired) electrons. The van der Waals surface area contributed by atoms with E-state index in [9.17, 15) is 4.79 Å². The van der Waals surface area contributed by atoms with Gasteiger partial charge in [0.2, 0.25) is 5.28 Å². The van der Waals surface area contributed by atoms with Crippen LogP contribution in [0.4, 0.5) is 10.6 Å². The molecule has 2 N–H and O–H groups in total. The number of carbonyl (C=O) groups excluding carboxylic acids is 1. The molecule has 5 rings (SSSR count). The second-order valence-electron chi connectivity index (χ2n) is 11.3. The van der Waals surface area contributed by atoms with Crippen molar-refractivity contribution in [2.75, 3.05) is 18.8 Å². The number of carbonyl (C=O) groups is 1. The van der Waals surface area contributed by atoms with Crippen molar-refractivity contribution in [2.24, 2.45) is 11.8 Å². The lowest BCUT2D eigenvalue weighted by molar-refractivity contribution is -0.163. The molecule has 9 nitrogen and oxygen atoms in total. The summed E-state index contributed by atoms with van der Waals surface area (Å²) in [6.45, 7) is 11.0. The van der Waals surface area contributed by atoms with Gasteiger partial charge in [-0.2, -0.15) is 4.98 Å². The number of halogens is 2. The smallest absolute Gasteiger partial charge is 0.410 e. The largest absolute Gasteiger partial charge is 0.444 e. The molecule has 0 spiro atoms. The van der Waals surface area contributed by atoms with Crippen LogP contribution < -0.4 is 5.73 Å². The number of nitrogens with two attached hydrogens (primary N) is 1. The highest BCUT2D eigenvalue weighted by atomic mass is 127. The number of nitrogen functional groups attached to an aromatic ring is 1. The fraction of sp³-hybridized carbons (Fsp3) is 0.708. The summed E-state index contributed by atoms with van der Waals surface area (Å²) in [5, 5.41) is 0.933. The lowest BCUT2D eigenvalue weighted by atomic mass is 9.83. The van der Waals surface area contributed by atoms with Crippen molar-refractivity contribution in [3.63, 3.8) is 0 Å². The van der Waals surface area contributed by atoms with Gasteiger partial charge in [-0.3, -0.25) is 0 Å². The van der Waals surface area contributed by atoms with Gasteiger partial charge in [-0.05, 0) is 99.9 Å². The van der Waals surface area contributed by atoms with Gasteiger partial charge in [0.25, 0.3) is 0 Å². The summed E-state index contributed by atoms with van der Waals surface area (Å²) in [5.41, 5.74) is 6.39. The molecule has 0 bridgehead atoms. The van der Waals surface area contributed by atoms with E-state index in [2.05, 4.69) is 43.3 Å². The summed E-state index contributed by atoms with van der Waals surface area (Å²) in [4.78, 5) is 23.3. The van der Waals surface area contributed by atoms with Gasteiger partial charge in [0.05, 0.1) is 17.5 Å². The van der Waals surface area contributed by atoms with E-state index in [1.165, 1.54) is 0 Å². The molecule has 0 aromatic carbocycles. The van der Waals surface area contributed by atoms with Crippen LogP contribution in [-0.2, 0) is 14.2 Å². The molecular weight excluding hydrogens is 585 g/mol. The average Bonchev–Trinajstić information content (AvgIpc) is 3.34. The van der Waals surface area contributed by atoms with Gasteiger partial charge in [-0.1, -0.05) is 0 Å². The third kappa shape index (κ3) is 4.83. The minimum Gasteiger partial charge on any atom is -0.444 e. The van der Waals surface area contributed by atoms with Crippen LogP contribution >= 0.6 is 34.2 Å². The van der Waals surface area contributed by atoms with Crippen LogP contribution in [0.15, 0.2) is 6.20 Å². The number of ether oxygens (including phenoxy) is 3. The third-order valence-corrected chi connectivity index (χ3v) is 8.16. The van der Waals surface area contributed by atoms with Crippen molar-refractivity contribution < 1.29 is 19.0 Å². The van der Waals surface area contributed by atoms with E-state index in [-0.39, 0.29) is 41.5 Å². The molecule has 2 aliphatic heterocycles. The minimum atomic E-state index is -0.687. The van der Waals surface area contributed by atoms with Gasteiger partial charge < -0.3 is 29.4 Å². The summed E-state index contributed by atoms with van der Waals surface area (Å²) in [6.07, 6.45) is 4.41. The first-order valence-corrected chi connectivity index (χ1v) is 13.6. The second kappa shape index (κ2) is 8.88. The van der Waals surface area contributed by atoms with E-state index >= 15 is 0 Å². The first kappa shape index (κ1) is 25.3. The van der Waals surface area contributed by atoms with Gasteiger partial charge in [0, 0.05) is 22.9 Å². The number of hydrogen-bond donors (Lipinski definition) is 1. The van der Waals surface area contributed by atoms with Crippen molar-refractivity contribution in [1.29, 1.82) is 0 Å². The highest BCUT2D eigenvalue weighted by molar-refractivity contribution is 14.1. The Bertz CT molecular complexity index is 1150. The van der Waals surface area contributed by atoms with Gasteiger partial charge in [0.1, 0.15) is 23.2 Å². The molecule has 2 aromatic rings. The van der Waals surface area contributed by atoms with Gasteiger partial charge in [0.15, 0.2) is 5.79 Å². The van der Waals surface area contributed by atoms with E-state index in [1.54, 1.807) is 0 Å². The number of nitrogens with zero attached hydrogens (tertiary/aromatic N) is 4. The van der Waals surface area contributed by atoms with E-state index in [0.717, 1.165) is 28.2 Å². The normalized spacial score (nSPS) is 30.6.